The third kappa shape index (κ3) is 4.85. The van der Waals surface area contributed by atoms with Crippen molar-refractivity contribution in [3.05, 3.63) is 12.7 Å². The van der Waals surface area contributed by atoms with Crippen LogP contribution in [-0.2, 0) is 9.53 Å². The highest BCUT2D eigenvalue weighted by Gasteiger charge is 2.39. The lowest BCUT2D eigenvalue weighted by Crippen LogP contribution is -2.51. The SMILES string of the molecule is C=CCCOCCNC(=O)N1CCCC(C)(C(=O)O)C1. The van der Waals surface area contributed by atoms with Crippen molar-refractivity contribution >= 4 is 12.0 Å². The molecule has 1 saturated heterocycles. The number of hydrogen-bond donors (Lipinski definition) is 2. The maximum Gasteiger partial charge on any atom is 0.317 e. The number of aliphatic carboxylic acids is 1. The van der Waals surface area contributed by atoms with Gasteiger partial charge in [-0.1, -0.05) is 6.08 Å². The van der Waals surface area contributed by atoms with E-state index in [4.69, 9.17) is 4.74 Å². The molecule has 0 radical (unpaired) electrons. The largest absolute Gasteiger partial charge is 0.481 e. The first-order valence-electron chi connectivity index (χ1n) is 6.94. The van der Waals surface area contributed by atoms with Crippen molar-refractivity contribution in [2.24, 2.45) is 5.41 Å². The Morgan fingerprint density at radius 3 is 2.90 bits per heavy atom. The lowest BCUT2D eigenvalue weighted by Gasteiger charge is -2.37. The van der Waals surface area contributed by atoms with Crippen LogP contribution in [0, 0.1) is 5.41 Å². The number of hydrogen-bond acceptors (Lipinski definition) is 3. The fraction of sp³-hybridized carbons (Fsp3) is 0.714. The lowest BCUT2D eigenvalue weighted by molar-refractivity contribution is -0.150. The van der Waals surface area contributed by atoms with Gasteiger partial charge < -0.3 is 20.1 Å². The van der Waals surface area contributed by atoms with Gasteiger partial charge in [-0.25, -0.2) is 4.79 Å². The molecule has 6 heteroatoms. The Labute approximate surface area is 119 Å². The summed E-state index contributed by atoms with van der Waals surface area (Å²) in [5.41, 5.74) is -0.837. The second kappa shape index (κ2) is 7.89. The molecule has 0 spiro atoms. The normalized spacial score (nSPS) is 22.4. The molecule has 1 heterocycles. The van der Waals surface area contributed by atoms with Crippen molar-refractivity contribution in [1.29, 1.82) is 0 Å². The highest BCUT2D eigenvalue weighted by Crippen LogP contribution is 2.29. The number of urea groups is 1. The van der Waals surface area contributed by atoms with Crippen LogP contribution in [0.25, 0.3) is 0 Å². The third-order valence-electron chi connectivity index (χ3n) is 3.49. The second-order valence-electron chi connectivity index (χ2n) is 5.31. The van der Waals surface area contributed by atoms with Gasteiger partial charge in [0, 0.05) is 19.6 Å². The van der Waals surface area contributed by atoms with Crippen LogP contribution in [-0.4, -0.2) is 54.9 Å². The van der Waals surface area contributed by atoms with Crippen LogP contribution in [0.2, 0.25) is 0 Å². The maximum absolute atomic E-state index is 11.9. The predicted molar refractivity (Wildman–Crippen MR) is 75.6 cm³/mol. The van der Waals surface area contributed by atoms with Gasteiger partial charge in [-0.15, -0.1) is 6.58 Å². The first-order valence-corrected chi connectivity index (χ1v) is 6.94. The van der Waals surface area contributed by atoms with E-state index < -0.39 is 11.4 Å². The summed E-state index contributed by atoms with van der Waals surface area (Å²) in [6.45, 7) is 7.61. The number of ether oxygens (including phenoxy) is 1. The molecule has 1 aliphatic heterocycles. The number of piperidine rings is 1. The van der Waals surface area contributed by atoms with Gasteiger partial charge in [0.05, 0.1) is 18.6 Å². The van der Waals surface area contributed by atoms with Crippen LogP contribution in [0.4, 0.5) is 4.79 Å². The van der Waals surface area contributed by atoms with Gasteiger partial charge in [-0.2, -0.15) is 0 Å². The average molecular weight is 284 g/mol. The number of carboxylic acid groups (broad SMARTS) is 1. The molecule has 2 N–H and O–H groups in total. The molecule has 0 bridgehead atoms. The summed E-state index contributed by atoms with van der Waals surface area (Å²) in [5, 5.41) is 12.0. The number of nitrogens with zero attached hydrogens (tertiary/aromatic N) is 1. The van der Waals surface area contributed by atoms with Crippen LogP contribution in [0.15, 0.2) is 12.7 Å². The minimum Gasteiger partial charge on any atom is -0.481 e. The smallest absolute Gasteiger partial charge is 0.317 e. The monoisotopic (exact) mass is 284 g/mol. The van der Waals surface area contributed by atoms with Crippen molar-refractivity contribution in [1.82, 2.24) is 10.2 Å². The van der Waals surface area contributed by atoms with E-state index in [0.29, 0.717) is 39.1 Å². The number of carbonyl (C=O) groups excluding carboxylic acids is 1. The molecule has 114 valence electrons. The van der Waals surface area contributed by atoms with Gasteiger partial charge in [0.2, 0.25) is 0 Å². The molecule has 1 aliphatic rings. The van der Waals surface area contributed by atoms with E-state index in [1.54, 1.807) is 17.9 Å². The summed E-state index contributed by atoms with van der Waals surface area (Å²) >= 11 is 0. The van der Waals surface area contributed by atoms with Gasteiger partial charge in [-0.05, 0) is 26.2 Å². The fourth-order valence-corrected chi connectivity index (χ4v) is 2.20. The summed E-state index contributed by atoms with van der Waals surface area (Å²) in [6, 6.07) is -0.218. The number of likely N-dealkylation sites (tertiary alicyclic amines) is 1. The lowest BCUT2D eigenvalue weighted by atomic mass is 9.82. The Morgan fingerprint density at radius 2 is 2.25 bits per heavy atom. The van der Waals surface area contributed by atoms with E-state index in [1.165, 1.54) is 0 Å². The van der Waals surface area contributed by atoms with Crippen molar-refractivity contribution in [3.8, 4) is 0 Å². The molecule has 1 atom stereocenters. The van der Waals surface area contributed by atoms with E-state index in [0.717, 1.165) is 6.42 Å². The number of carboxylic acids is 1. The average Bonchev–Trinajstić information content (AvgIpc) is 2.42. The van der Waals surface area contributed by atoms with Crippen molar-refractivity contribution in [2.75, 3.05) is 32.8 Å². The number of carbonyl (C=O) groups is 2. The Bertz CT molecular complexity index is 359. The van der Waals surface area contributed by atoms with E-state index in [1.807, 2.05) is 0 Å². The molecule has 20 heavy (non-hydrogen) atoms. The maximum atomic E-state index is 11.9. The molecule has 1 unspecified atom stereocenters. The summed E-state index contributed by atoms with van der Waals surface area (Å²) in [5.74, 6) is -0.845. The van der Waals surface area contributed by atoms with Crippen molar-refractivity contribution in [2.45, 2.75) is 26.2 Å². The summed E-state index contributed by atoms with van der Waals surface area (Å²) in [6.07, 6.45) is 3.89. The Kier molecular flexibility index (Phi) is 6.51. The molecular formula is C14H24N2O4. The summed E-state index contributed by atoms with van der Waals surface area (Å²) in [7, 11) is 0. The van der Waals surface area contributed by atoms with Crippen LogP contribution in [0.1, 0.15) is 26.2 Å². The standard InChI is InChI=1S/C14H24N2O4/c1-3-4-9-20-10-7-15-13(19)16-8-5-6-14(2,11-16)12(17)18/h3H,1,4-11H2,2H3,(H,15,19)(H,17,18). The molecule has 1 fully saturated rings. The van der Waals surface area contributed by atoms with Crippen molar-refractivity contribution in [3.63, 3.8) is 0 Å². The van der Waals surface area contributed by atoms with Gasteiger partial charge >= 0.3 is 12.0 Å². The van der Waals surface area contributed by atoms with Crippen LogP contribution in [0.5, 0.6) is 0 Å². The van der Waals surface area contributed by atoms with Gasteiger partial charge in [0.1, 0.15) is 0 Å². The first-order chi connectivity index (χ1) is 9.49. The Morgan fingerprint density at radius 1 is 1.50 bits per heavy atom. The third-order valence-corrected chi connectivity index (χ3v) is 3.49. The predicted octanol–water partition coefficient (Wildman–Crippen LogP) is 1.48. The highest BCUT2D eigenvalue weighted by atomic mass is 16.5. The molecule has 0 aromatic carbocycles. The zero-order valence-electron chi connectivity index (χ0n) is 12.1. The number of rotatable bonds is 7. The van der Waals surface area contributed by atoms with Gasteiger partial charge in [0.15, 0.2) is 0 Å². The minimum atomic E-state index is -0.845. The minimum absolute atomic E-state index is 0.218. The number of nitrogens with one attached hydrogen (secondary N) is 1. The van der Waals surface area contributed by atoms with E-state index in [9.17, 15) is 14.7 Å². The van der Waals surface area contributed by atoms with E-state index in [-0.39, 0.29) is 12.6 Å². The molecule has 0 aliphatic carbocycles. The van der Waals surface area contributed by atoms with Crippen LogP contribution < -0.4 is 5.32 Å². The molecule has 0 saturated carbocycles. The fourth-order valence-electron chi connectivity index (χ4n) is 2.20. The molecule has 1 rings (SSSR count). The summed E-state index contributed by atoms with van der Waals surface area (Å²) < 4.78 is 5.29. The summed E-state index contributed by atoms with van der Waals surface area (Å²) in [4.78, 5) is 24.7. The molecular weight excluding hydrogens is 260 g/mol. The first kappa shape index (κ1) is 16.5. The van der Waals surface area contributed by atoms with E-state index in [2.05, 4.69) is 11.9 Å². The topological polar surface area (TPSA) is 78.9 Å². The highest BCUT2D eigenvalue weighted by molar-refractivity contribution is 5.78. The molecule has 0 aromatic rings. The Balaban J connectivity index is 2.29. The number of amides is 2. The van der Waals surface area contributed by atoms with Crippen molar-refractivity contribution < 1.29 is 19.4 Å². The molecule has 0 aromatic heterocycles. The zero-order chi connectivity index (χ0) is 15.0. The van der Waals surface area contributed by atoms with Crippen LogP contribution in [0.3, 0.4) is 0 Å². The molecule has 6 nitrogen and oxygen atoms in total. The second-order valence-corrected chi connectivity index (χ2v) is 5.31. The quantitative estimate of drug-likeness (QED) is 0.548. The van der Waals surface area contributed by atoms with E-state index >= 15 is 0 Å². The zero-order valence-corrected chi connectivity index (χ0v) is 12.1. The molecule has 2 amide bonds. The van der Waals surface area contributed by atoms with Crippen LogP contribution >= 0.6 is 0 Å². The Hall–Kier alpha value is -1.56. The van der Waals surface area contributed by atoms with Gasteiger partial charge in [0.25, 0.3) is 0 Å². The van der Waals surface area contributed by atoms with Gasteiger partial charge in [-0.3, -0.25) is 4.79 Å².